The van der Waals surface area contributed by atoms with Gasteiger partial charge in [0.1, 0.15) is 6.04 Å². The molecule has 2 amide bonds. The Morgan fingerprint density at radius 2 is 2.11 bits per heavy atom. The minimum Gasteiger partial charge on any atom is -0.480 e. The van der Waals surface area contributed by atoms with Crippen molar-refractivity contribution in [2.75, 3.05) is 6.54 Å². The number of amides is 2. The summed E-state index contributed by atoms with van der Waals surface area (Å²) in [5, 5.41) is 14.0. The summed E-state index contributed by atoms with van der Waals surface area (Å²) in [5.74, 6) is -1.20. The first-order chi connectivity index (χ1) is 9.00. The summed E-state index contributed by atoms with van der Waals surface area (Å²) >= 11 is 0. The summed E-state index contributed by atoms with van der Waals surface area (Å²) in [7, 11) is 0. The number of nitrogens with zero attached hydrogens (tertiary/aromatic N) is 1. The zero-order chi connectivity index (χ0) is 14.3. The van der Waals surface area contributed by atoms with Gasteiger partial charge in [0.05, 0.1) is 0 Å². The van der Waals surface area contributed by atoms with Gasteiger partial charge in [-0.25, -0.2) is 9.59 Å². The van der Waals surface area contributed by atoms with E-state index < -0.39 is 18.0 Å². The number of carboxylic acid groups (broad SMARTS) is 1. The van der Waals surface area contributed by atoms with Gasteiger partial charge in [-0.1, -0.05) is 19.9 Å². The van der Waals surface area contributed by atoms with Gasteiger partial charge in [-0.15, -0.1) is 0 Å². The molecule has 1 atom stereocenters. The van der Waals surface area contributed by atoms with Crippen molar-refractivity contribution in [2.24, 2.45) is 5.92 Å². The predicted molar refractivity (Wildman–Crippen MR) is 70.7 cm³/mol. The lowest BCUT2D eigenvalue weighted by molar-refractivity contribution is -0.140. The molecule has 6 heteroatoms. The van der Waals surface area contributed by atoms with E-state index in [1.807, 2.05) is 18.2 Å². The molecule has 3 N–H and O–H groups in total. The van der Waals surface area contributed by atoms with Gasteiger partial charge in [-0.3, -0.25) is 4.98 Å². The number of carboxylic acids is 1. The SMILES string of the molecule is CC(C)[C@@H](NC(=O)NCCc1ccccn1)C(=O)O. The van der Waals surface area contributed by atoms with Crippen LogP contribution in [0.15, 0.2) is 24.4 Å². The Kier molecular flexibility index (Phi) is 5.78. The van der Waals surface area contributed by atoms with Gasteiger partial charge in [0.2, 0.25) is 0 Å². The highest BCUT2D eigenvalue weighted by molar-refractivity contribution is 5.82. The summed E-state index contributed by atoms with van der Waals surface area (Å²) in [6, 6.07) is 4.21. The first kappa shape index (κ1) is 14.9. The van der Waals surface area contributed by atoms with Crippen LogP contribution in [0.3, 0.4) is 0 Å². The van der Waals surface area contributed by atoms with Crippen molar-refractivity contribution in [3.63, 3.8) is 0 Å². The van der Waals surface area contributed by atoms with Crippen LogP contribution < -0.4 is 10.6 Å². The predicted octanol–water partition coefficient (Wildman–Crippen LogP) is 1.03. The van der Waals surface area contributed by atoms with Crippen LogP contribution in [-0.4, -0.2) is 34.7 Å². The highest BCUT2D eigenvalue weighted by atomic mass is 16.4. The van der Waals surface area contributed by atoms with Crippen LogP contribution in [0, 0.1) is 5.92 Å². The molecule has 1 aromatic heterocycles. The van der Waals surface area contributed by atoms with Crippen molar-refractivity contribution in [1.29, 1.82) is 0 Å². The molecular formula is C13H19N3O3. The zero-order valence-electron chi connectivity index (χ0n) is 11.1. The number of aliphatic carboxylic acids is 1. The van der Waals surface area contributed by atoms with E-state index in [0.29, 0.717) is 13.0 Å². The molecule has 0 aliphatic heterocycles. The second-order valence-electron chi connectivity index (χ2n) is 4.53. The van der Waals surface area contributed by atoms with E-state index in [1.54, 1.807) is 20.0 Å². The van der Waals surface area contributed by atoms with Gasteiger partial charge >= 0.3 is 12.0 Å². The molecule has 0 aliphatic carbocycles. The lowest BCUT2D eigenvalue weighted by atomic mass is 10.1. The third-order valence-electron chi connectivity index (χ3n) is 2.61. The molecule has 19 heavy (non-hydrogen) atoms. The molecule has 0 unspecified atom stereocenters. The maximum atomic E-state index is 11.5. The number of urea groups is 1. The summed E-state index contributed by atoms with van der Waals surface area (Å²) in [6.07, 6.45) is 2.29. The minimum absolute atomic E-state index is 0.168. The number of pyridine rings is 1. The Balaban J connectivity index is 2.33. The molecule has 0 radical (unpaired) electrons. The van der Waals surface area contributed by atoms with E-state index in [1.165, 1.54) is 0 Å². The Morgan fingerprint density at radius 1 is 1.37 bits per heavy atom. The van der Waals surface area contributed by atoms with Crippen LogP contribution in [-0.2, 0) is 11.2 Å². The van der Waals surface area contributed by atoms with Crippen LogP contribution in [0.25, 0.3) is 0 Å². The van der Waals surface area contributed by atoms with Gasteiger partial charge in [-0.2, -0.15) is 0 Å². The third kappa shape index (κ3) is 5.37. The van der Waals surface area contributed by atoms with E-state index in [9.17, 15) is 9.59 Å². The van der Waals surface area contributed by atoms with Gasteiger partial charge in [-0.05, 0) is 18.1 Å². The lowest BCUT2D eigenvalue weighted by Crippen LogP contribution is -2.48. The van der Waals surface area contributed by atoms with Crippen LogP contribution in [0.2, 0.25) is 0 Å². The average Bonchev–Trinajstić information content (AvgIpc) is 2.36. The minimum atomic E-state index is -1.03. The summed E-state index contributed by atoms with van der Waals surface area (Å²) in [5.41, 5.74) is 0.876. The topological polar surface area (TPSA) is 91.3 Å². The Labute approximate surface area is 112 Å². The number of hydrogen-bond donors (Lipinski definition) is 3. The number of carbonyl (C=O) groups is 2. The molecule has 104 valence electrons. The summed E-state index contributed by atoms with van der Waals surface area (Å²) < 4.78 is 0. The van der Waals surface area contributed by atoms with Gasteiger partial charge in [0, 0.05) is 24.9 Å². The Bertz CT molecular complexity index is 420. The van der Waals surface area contributed by atoms with Crippen LogP contribution in [0.5, 0.6) is 0 Å². The summed E-state index contributed by atoms with van der Waals surface area (Å²) in [4.78, 5) is 26.6. The fourth-order valence-electron chi connectivity index (χ4n) is 1.56. The molecule has 0 fully saturated rings. The van der Waals surface area contributed by atoms with Gasteiger partial charge < -0.3 is 15.7 Å². The molecule has 1 rings (SSSR count). The maximum Gasteiger partial charge on any atom is 0.326 e. The smallest absolute Gasteiger partial charge is 0.326 e. The number of nitrogens with one attached hydrogen (secondary N) is 2. The highest BCUT2D eigenvalue weighted by Crippen LogP contribution is 2.01. The molecule has 1 aromatic rings. The fourth-order valence-corrected chi connectivity index (χ4v) is 1.56. The molecule has 1 heterocycles. The molecule has 0 aliphatic rings. The first-order valence-electron chi connectivity index (χ1n) is 6.17. The van der Waals surface area contributed by atoms with Crippen LogP contribution >= 0.6 is 0 Å². The van der Waals surface area contributed by atoms with Crippen molar-refractivity contribution < 1.29 is 14.7 Å². The molecule has 6 nitrogen and oxygen atoms in total. The Morgan fingerprint density at radius 3 is 2.63 bits per heavy atom. The zero-order valence-corrected chi connectivity index (χ0v) is 11.1. The van der Waals surface area contributed by atoms with Crippen molar-refractivity contribution in [2.45, 2.75) is 26.3 Å². The van der Waals surface area contributed by atoms with Crippen molar-refractivity contribution in [3.05, 3.63) is 30.1 Å². The molecule has 0 bridgehead atoms. The largest absolute Gasteiger partial charge is 0.480 e. The molecular weight excluding hydrogens is 246 g/mol. The monoisotopic (exact) mass is 265 g/mol. The molecule has 0 saturated heterocycles. The second-order valence-corrected chi connectivity index (χ2v) is 4.53. The third-order valence-corrected chi connectivity index (χ3v) is 2.61. The lowest BCUT2D eigenvalue weighted by Gasteiger charge is -2.18. The average molecular weight is 265 g/mol. The Hall–Kier alpha value is -2.11. The van der Waals surface area contributed by atoms with Crippen molar-refractivity contribution in [3.8, 4) is 0 Å². The van der Waals surface area contributed by atoms with E-state index in [2.05, 4.69) is 15.6 Å². The molecule has 0 saturated carbocycles. The number of aromatic nitrogens is 1. The van der Waals surface area contributed by atoms with Crippen molar-refractivity contribution in [1.82, 2.24) is 15.6 Å². The van der Waals surface area contributed by atoms with Gasteiger partial charge in [0.25, 0.3) is 0 Å². The normalized spacial score (nSPS) is 11.9. The van der Waals surface area contributed by atoms with E-state index >= 15 is 0 Å². The molecule has 0 aromatic carbocycles. The fraction of sp³-hybridized carbons (Fsp3) is 0.462. The number of rotatable bonds is 6. The second kappa shape index (κ2) is 7.35. The molecule has 0 spiro atoms. The van der Waals surface area contributed by atoms with E-state index in [4.69, 9.17) is 5.11 Å². The van der Waals surface area contributed by atoms with E-state index in [-0.39, 0.29) is 5.92 Å². The number of hydrogen-bond acceptors (Lipinski definition) is 3. The van der Waals surface area contributed by atoms with Crippen LogP contribution in [0.1, 0.15) is 19.5 Å². The standard InChI is InChI=1S/C13H19N3O3/c1-9(2)11(12(17)18)16-13(19)15-8-6-10-5-3-4-7-14-10/h3-5,7,9,11H,6,8H2,1-2H3,(H,17,18)(H2,15,16,19)/t11-/m1/s1. The quantitative estimate of drug-likeness (QED) is 0.716. The number of carbonyl (C=O) groups excluding carboxylic acids is 1. The first-order valence-corrected chi connectivity index (χ1v) is 6.17. The highest BCUT2D eigenvalue weighted by Gasteiger charge is 2.22. The van der Waals surface area contributed by atoms with Crippen molar-refractivity contribution >= 4 is 12.0 Å². The van der Waals surface area contributed by atoms with E-state index in [0.717, 1.165) is 5.69 Å². The summed E-state index contributed by atoms with van der Waals surface area (Å²) in [6.45, 7) is 3.90. The van der Waals surface area contributed by atoms with Crippen LogP contribution in [0.4, 0.5) is 4.79 Å². The van der Waals surface area contributed by atoms with Gasteiger partial charge in [0.15, 0.2) is 0 Å². The maximum absolute atomic E-state index is 11.5.